The van der Waals surface area contributed by atoms with E-state index in [0.29, 0.717) is 5.11 Å². The zero-order chi connectivity index (χ0) is 12.1. The Hall–Kier alpha value is -1.40. The van der Waals surface area contributed by atoms with Gasteiger partial charge in [0.2, 0.25) is 0 Å². The van der Waals surface area contributed by atoms with Gasteiger partial charge in [-0.1, -0.05) is 0 Å². The zero-order valence-electron chi connectivity index (χ0n) is 9.43. The van der Waals surface area contributed by atoms with Crippen molar-refractivity contribution in [1.82, 2.24) is 15.3 Å². The molecule has 3 N–H and O–H groups in total. The molecule has 6 heteroatoms. The molecule has 0 aliphatic carbocycles. The van der Waals surface area contributed by atoms with Crippen LogP contribution in [0.3, 0.4) is 0 Å². The van der Waals surface area contributed by atoms with E-state index in [1.807, 2.05) is 17.6 Å². The molecule has 1 atom stereocenters. The number of hydrogen-bond donors (Lipinski definition) is 3. The van der Waals surface area contributed by atoms with Crippen LogP contribution in [0.5, 0.6) is 0 Å². The average Bonchev–Trinajstić information content (AvgIpc) is 2.90. The molecule has 17 heavy (non-hydrogen) atoms. The Morgan fingerprint density at radius 1 is 1.65 bits per heavy atom. The fourth-order valence-corrected chi connectivity index (χ4v) is 2.41. The topological polar surface area (TPSA) is 52.7 Å². The first-order valence-corrected chi connectivity index (χ1v) is 6.62. The van der Waals surface area contributed by atoms with Crippen LogP contribution in [0.1, 0.15) is 12.6 Å². The minimum atomic E-state index is 0.272. The molecule has 0 spiro atoms. The first-order chi connectivity index (χ1) is 8.24. The number of nitrogens with one attached hydrogen (secondary N) is 3. The van der Waals surface area contributed by atoms with Crippen molar-refractivity contribution in [1.29, 1.82) is 0 Å². The lowest BCUT2D eigenvalue weighted by molar-refractivity contribution is 0.656. The summed E-state index contributed by atoms with van der Waals surface area (Å²) in [5, 5.41) is 9.61. The van der Waals surface area contributed by atoms with Gasteiger partial charge in [-0.3, -0.25) is 0 Å². The second-order valence-electron chi connectivity index (χ2n) is 3.74. The van der Waals surface area contributed by atoms with Gasteiger partial charge < -0.3 is 15.6 Å². The minimum absolute atomic E-state index is 0.272. The van der Waals surface area contributed by atoms with Gasteiger partial charge in [0.05, 0.1) is 0 Å². The third-order valence-electron chi connectivity index (χ3n) is 2.22. The Morgan fingerprint density at radius 2 is 2.53 bits per heavy atom. The molecule has 90 valence electrons. The number of hydrogen-bond acceptors (Lipinski definition) is 3. The van der Waals surface area contributed by atoms with Gasteiger partial charge in [0.25, 0.3) is 0 Å². The van der Waals surface area contributed by atoms with Crippen LogP contribution < -0.4 is 10.6 Å². The van der Waals surface area contributed by atoms with Crippen LogP contribution in [0, 0.1) is 0 Å². The normalized spacial score (nSPS) is 12.1. The molecule has 0 aromatic carbocycles. The maximum absolute atomic E-state index is 5.21. The van der Waals surface area contributed by atoms with E-state index in [1.54, 1.807) is 6.20 Å². The zero-order valence-corrected chi connectivity index (χ0v) is 11.1. The van der Waals surface area contributed by atoms with Gasteiger partial charge in [0.1, 0.15) is 0 Å². The van der Waals surface area contributed by atoms with Crippen molar-refractivity contribution in [2.75, 3.05) is 5.32 Å². The van der Waals surface area contributed by atoms with Crippen LogP contribution in [-0.2, 0) is 6.42 Å². The molecule has 2 heterocycles. The molecular formula is C11H14N4S2. The van der Waals surface area contributed by atoms with Crippen molar-refractivity contribution in [2.24, 2.45) is 0 Å². The van der Waals surface area contributed by atoms with Gasteiger partial charge >= 0.3 is 0 Å². The smallest absolute Gasteiger partial charge is 0.188 e. The average molecular weight is 266 g/mol. The Bertz CT molecular complexity index is 450. The standard InChI is InChI=1S/C11H14N4S2/c1-8(7-9-3-2-4-12-9)14-10(16)15-11-13-5-6-17-11/h2-6,8,12H,7H2,1H3,(H2,13,14,15,16). The van der Waals surface area contributed by atoms with Crippen LogP contribution in [-0.4, -0.2) is 21.1 Å². The third-order valence-corrected chi connectivity index (χ3v) is 3.13. The number of anilines is 1. The first-order valence-electron chi connectivity index (χ1n) is 5.33. The summed E-state index contributed by atoms with van der Waals surface area (Å²) in [6, 6.07) is 4.33. The van der Waals surface area contributed by atoms with Gasteiger partial charge in [-0.05, 0) is 31.3 Å². The summed E-state index contributed by atoms with van der Waals surface area (Å²) in [6.45, 7) is 2.09. The number of H-pyrrole nitrogens is 1. The highest BCUT2D eigenvalue weighted by Crippen LogP contribution is 2.10. The quantitative estimate of drug-likeness (QED) is 0.744. The lowest BCUT2D eigenvalue weighted by atomic mass is 10.2. The SMILES string of the molecule is CC(Cc1ccc[nH]1)NC(=S)Nc1nccs1. The second kappa shape index (κ2) is 5.79. The lowest BCUT2D eigenvalue weighted by Gasteiger charge is -2.15. The molecule has 0 aliphatic heterocycles. The molecule has 0 aliphatic rings. The summed E-state index contributed by atoms with van der Waals surface area (Å²) in [6.07, 6.45) is 4.58. The Balaban J connectivity index is 1.78. The van der Waals surface area contributed by atoms with Crippen molar-refractivity contribution in [3.8, 4) is 0 Å². The minimum Gasteiger partial charge on any atom is -0.365 e. The van der Waals surface area contributed by atoms with E-state index in [1.165, 1.54) is 17.0 Å². The number of thiocarbonyl (C=S) groups is 1. The molecule has 4 nitrogen and oxygen atoms in total. The van der Waals surface area contributed by atoms with Crippen LogP contribution in [0.25, 0.3) is 0 Å². The Morgan fingerprint density at radius 3 is 3.18 bits per heavy atom. The molecule has 1 unspecified atom stereocenters. The Kier molecular flexibility index (Phi) is 4.11. The molecule has 0 saturated heterocycles. The van der Waals surface area contributed by atoms with Crippen LogP contribution in [0.4, 0.5) is 5.13 Å². The summed E-state index contributed by atoms with van der Waals surface area (Å²) in [5.41, 5.74) is 1.20. The van der Waals surface area contributed by atoms with E-state index in [2.05, 4.69) is 33.6 Å². The predicted octanol–water partition coefficient (Wildman–Crippen LogP) is 2.39. The number of thiazole rings is 1. The van der Waals surface area contributed by atoms with Gasteiger partial charge in [-0.15, -0.1) is 11.3 Å². The van der Waals surface area contributed by atoms with Crippen molar-refractivity contribution in [3.05, 3.63) is 35.6 Å². The van der Waals surface area contributed by atoms with Gasteiger partial charge in [-0.25, -0.2) is 4.98 Å². The van der Waals surface area contributed by atoms with Crippen molar-refractivity contribution in [2.45, 2.75) is 19.4 Å². The fraction of sp³-hybridized carbons (Fsp3) is 0.273. The van der Waals surface area contributed by atoms with Gasteiger partial charge in [0, 0.05) is 35.9 Å². The van der Waals surface area contributed by atoms with E-state index in [4.69, 9.17) is 12.2 Å². The monoisotopic (exact) mass is 266 g/mol. The summed E-state index contributed by atoms with van der Waals surface area (Å²) in [5.74, 6) is 0. The number of aromatic amines is 1. The molecule has 2 aromatic rings. The number of nitrogens with zero attached hydrogens (tertiary/aromatic N) is 1. The van der Waals surface area contributed by atoms with E-state index >= 15 is 0 Å². The summed E-state index contributed by atoms with van der Waals surface area (Å²) < 4.78 is 0. The highest BCUT2D eigenvalue weighted by atomic mass is 32.1. The molecule has 0 fully saturated rings. The lowest BCUT2D eigenvalue weighted by Crippen LogP contribution is -2.37. The number of aromatic nitrogens is 2. The van der Waals surface area contributed by atoms with E-state index in [-0.39, 0.29) is 6.04 Å². The summed E-state index contributed by atoms with van der Waals surface area (Å²) in [4.78, 5) is 7.29. The van der Waals surface area contributed by atoms with E-state index < -0.39 is 0 Å². The van der Waals surface area contributed by atoms with Gasteiger partial charge in [-0.2, -0.15) is 0 Å². The first kappa shape index (κ1) is 12.1. The third kappa shape index (κ3) is 3.83. The van der Waals surface area contributed by atoms with Crippen molar-refractivity contribution >= 4 is 33.8 Å². The predicted molar refractivity (Wildman–Crippen MR) is 75.4 cm³/mol. The van der Waals surface area contributed by atoms with Gasteiger partial charge in [0.15, 0.2) is 10.2 Å². The van der Waals surface area contributed by atoms with Crippen molar-refractivity contribution in [3.63, 3.8) is 0 Å². The number of rotatable bonds is 4. The largest absolute Gasteiger partial charge is 0.365 e. The summed E-state index contributed by atoms with van der Waals surface area (Å²) >= 11 is 6.74. The Labute approximate surface area is 109 Å². The highest BCUT2D eigenvalue weighted by molar-refractivity contribution is 7.80. The molecule has 2 aromatic heterocycles. The molecule has 0 radical (unpaired) electrons. The molecule has 0 amide bonds. The van der Waals surface area contributed by atoms with E-state index in [0.717, 1.165) is 11.6 Å². The van der Waals surface area contributed by atoms with Crippen LogP contribution >= 0.6 is 23.6 Å². The fourth-order valence-electron chi connectivity index (χ4n) is 1.52. The molecule has 0 saturated carbocycles. The summed E-state index contributed by atoms with van der Waals surface area (Å²) in [7, 11) is 0. The van der Waals surface area contributed by atoms with E-state index in [9.17, 15) is 0 Å². The maximum atomic E-state index is 5.21. The van der Waals surface area contributed by atoms with Crippen LogP contribution in [0.2, 0.25) is 0 Å². The molecular weight excluding hydrogens is 252 g/mol. The van der Waals surface area contributed by atoms with Crippen LogP contribution in [0.15, 0.2) is 29.9 Å². The maximum Gasteiger partial charge on any atom is 0.188 e. The van der Waals surface area contributed by atoms with Crippen molar-refractivity contribution < 1.29 is 0 Å². The second-order valence-corrected chi connectivity index (χ2v) is 5.04. The molecule has 0 bridgehead atoms. The molecule has 2 rings (SSSR count). The highest BCUT2D eigenvalue weighted by Gasteiger charge is 2.06.